The Bertz CT molecular complexity index is 996. The van der Waals surface area contributed by atoms with Crippen LogP contribution in [0.1, 0.15) is 65.1 Å². The predicted octanol–water partition coefficient (Wildman–Crippen LogP) is 4.54. The van der Waals surface area contributed by atoms with Crippen LogP contribution in [0.3, 0.4) is 0 Å². The highest BCUT2D eigenvalue weighted by molar-refractivity contribution is 5.89. The second kappa shape index (κ2) is 6.24. The minimum absolute atomic E-state index is 0.0932. The van der Waals surface area contributed by atoms with Crippen molar-refractivity contribution in [3.63, 3.8) is 0 Å². The molecule has 5 nitrogen and oxygen atoms in total. The lowest BCUT2D eigenvalue weighted by molar-refractivity contribution is 0.0690. The highest BCUT2D eigenvalue weighted by Crippen LogP contribution is 2.46. The van der Waals surface area contributed by atoms with Gasteiger partial charge in [0, 0.05) is 11.6 Å². The first-order valence-corrected chi connectivity index (χ1v) is 9.23. The van der Waals surface area contributed by atoms with Gasteiger partial charge < -0.3 is 5.11 Å². The summed E-state index contributed by atoms with van der Waals surface area (Å²) in [7, 11) is 0. The number of nitrogens with zero attached hydrogens (tertiary/aromatic N) is 3. The van der Waals surface area contributed by atoms with Crippen LogP contribution in [0.25, 0.3) is 16.8 Å². The van der Waals surface area contributed by atoms with Crippen molar-refractivity contribution in [3.05, 3.63) is 52.5 Å². The number of benzene rings is 1. The van der Waals surface area contributed by atoms with Crippen molar-refractivity contribution in [1.29, 1.82) is 0 Å². The van der Waals surface area contributed by atoms with Crippen LogP contribution in [0.4, 0.5) is 0 Å². The number of rotatable bonds is 5. The summed E-state index contributed by atoms with van der Waals surface area (Å²) in [6.45, 7) is 6.28. The average Bonchev–Trinajstić information content (AvgIpc) is 3.37. The molecular formula is C21H23N3O2. The predicted molar refractivity (Wildman–Crippen MR) is 101 cm³/mol. The standard InChI is InChI=1S/C21H23N3O2/c1-4-6-15-11-16(21(25)26)22-20-18(17-12(2)7-5-8-13(17)3)19(14-9-10-14)23-24(15)20/h5,7-8,11,14H,4,6,9-10H2,1-3H3,(H,25,26). The molecule has 1 aliphatic carbocycles. The van der Waals surface area contributed by atoms with Crippen LogP contribution in [0.2, 0.25) is 0 Å². The molecule has 0 amide bonds. The highest BCUT2D eigenvalue weighted by atomic mass is 16.4. The first-order chi connectivity index (χ1) is 12.5. The van der Waals surface area contributed by atoms with Crippen LogP contribution in [-0.4, -0.2) is 25.7 Å². The number of hydrogen-bond acceptors (Lipinski definition) is 3. The molecule has 1 fully saturated rings. The smallest absolute Gasteiger partial charge is 0.354 e. The molecule has 26 heavy (non-hydrogen) atoms. The van der Waals surface area contributed by atoms with Gasteiger partial charge in [0.15, 0.2) is 11.3 Å². The molecule has 3 aromatic rings. The summed E-state index contributed by atoms with van der Waals surface area (Å²) in [5.74, 6) is -0.542. The number of aryl methyl sites for hydroxylation is 3. The van der Waals surface area contributed by atoms with Crippen LogP contribution >= 0.6 is 0 Å². The molecule has 0 aliphatic heterocycles. The molecule has 1 saturated carbocycles. The second-order valence-electron chi connectivity index (χ2n) is 7.22. The van der Waals surface area contributed by atoms with E-state index >= 15 is 0 Å². The van der Waals surface area contributed by atoms with Crippen molar-refractivity contribution in [2.45, 2.75) is 52.4 Å². The van der Waals surface area contributed by atoms with Crippen LogP contribution < -0.4 is 0 Å². The summed E-state index contributed by atoms with van der Waals surface area (Å²) in [6, 6.07) is 7.90. The molecule has 4 rings (SSSR count). The van der Waals surface area contributed by atoms with Crippen LogP contribution in [0.15, 0.2) is 24.3 Å². The number of aromatic nitrogens is 3. The summed E-state index contributed by atoms with van der Waals surface area (Å²) in [6.07, 6.45) is 3.97. The number of aromatic carboxylic acids is 1. The van der Waals surface area contributed by atoms with E-state index in [0.29, 0.717) is 11.6 Å². The van der Waals surface area contributed by atoms with Crippen LogP contribution in [-0.2, 0) is 6.42 Å². The molecule has 134 valence electrons. The molecule has 0 radical (unpaired) electrons. The summed E-state index contributed by atoms with van der Waals surface area (Å²) in [4.78, 5) is 16.2. The van der Waals surface area contributed by atoms with E-state index in [1.165, 1.54) is 11.1 Å². The van der Waals surface area contributed by atoms with E-state index in [0.717, 1.165) is 48.2 Å². The second-order valence-corrected chi connectivity index (χ2v) is 7.22. The average molecular weight is 349 g/mol. The van der Waals surface area contributed by atoms with Crippen LogP contribution in [0, 0.1) is 13.8 Å². The Kier molecular flexibility index (Phi) is 4.02. The Hall–Kier alpha value is -2.69. The van der Waals surface area contributed by atoms with Crippen molar-refractivity contribution in [2.24, 2.45) is 0 Å². The fourth-order valence-corrected chi connectivity index (χ4v) is 3.73. The normalized spacial score (nSPS) is 14.1. The third-order valence-corrected chi connectivity index (χ3v) is 5.11. The maximum Gasteiger partial charge on any atom is 0.354 e. The summed E-state index contributed by atoms with van der Waals surface area (Å²) in [5, 5.41) is 14.5. The third-order valence-electron chi connectivity index (χ3n) is 5.11. The summed E-state index contributed by atoms with van der Waals surface area (Å²) >= 11 is 0. The Morgan fingerprint density at radius 3 is 2.50 bits per heavy atom. The number of carbonyl (C=O) groups is 1. The van der Waals surface area contributed by atoms with Crippen molar-refractivity contribution in [3.8, 4) is 11.1 Å². The van der Waals surface area contributed by atoms with Gasteiger partial charge in [-0.2, -0.15) is 5.10 Å². The SMILES string of the molecule is CCCc1cc(C(=O)O)nc2c(-c3c(C)cccc3C)c(C3CC3)nn12. The molecule has 1 aliphatic rings. The number of hydrogen-bond donors (Lipinski definition) is 1. The molecule has 5 heteroatoms. The quantitative estimate of drug-likeness (QED) is 0.734. The van der Waals surface area contributed by atoms with Crippen molar-refractivity contribution >= 4 is 11.6 Å². The fourth-order valence-electron chi connectivity index (χ4n) is 3.73. The Morgan fingerprint density at radius 1 is 1.23 bits per heavy atom. The Morgan fingerprint density at radius 2 is 1.92 bits per heavy atom. The molecule has 0 spiro atoms. The highest BCUT2D eigenvalue weighted by Gasteiger charge is 2.33. The molecule has 2 heterocycles. The monoisotopic (exact) mass is 349 g/mol. The zero-order valence-corrected chi connectivity index (χ0v) is 15.4. The Labute approximate surface area is 152 Å². The lowest BCUT2D eigenvalue weighted by Crippen LogP contribution is -2.08. The minimum atomic E-state index is -0.994. The van der Waals surface area contributed by atoms with E-state index in [1.807, 2.05) is 4.52 Å². The zero-order valence-electron chi connectivity index (χ0n) is 15.4. The first kappa shape index (κ1) is 16.8. The molecular weight excluding hydrogens is 326 g/mol. The van der Waals surface area contributed by atoms with Gasteiger partial charge in [-0.25, -0.2) is 14.3 Å². The van der Waals surface area contributed by atoms with E-state index < -0.39 is 5.97 Å². The molecule has 0 saturated heterocycles. The lowest BCUT2D eigenvalue weighted by atomic mass is 9.94. The molecule has 0 bridgehead atoms. The topological polar surface area (TPSA) is 67.5 Å². The van der Waals surface area contributed by atoms with E-state index in [2.05, 4.69) is 44.0 Å². The van der Waals surface area contributed by atoms with Gasteiger partial charge in [0.05, 0.1) is 11.3 Å². The van der Waals surface area contributed by atoms with Gasteiger partial charge in [-0.15, -0.1) is 0 Å². The van der Waals surface area contributed by atoms with Crippen molar-refractivity contribution in [2.75, 3.05) is 0 Å². The van der Waals surface area contributed by atoms with E-state index in [9.17, 15) is 9.90 Å². The molecule has 2 aromatic heterocycles. The third kappa shape index (κ3) is 2.68. The van der Waals surface area contributed by atoms with Gasteiger partial charge in [-0.3, -0.25) is 0 Å². The van der Waals surface area contributed by atoms with Gasteiger partial charge >= 0.3 is 5.97 Å². The fraction of sp³-hybridized carbons (Fsp3) is 0.381. The van der Waals surface area contributed by atoms with Crippen molar-refractivity contribution < 1.29 is 9.90 Å². The maximum absolute atomic E-state index is 11.6. The molecule has 0 unspecified atom stereocenters. The van der Waals surface area contributed by atoms with E-state index in [-0.39, 0.29) is 5.69 Å². The number of carboxylic acids is 1. The van der Waals surface area contributed by atoms with Gasteiger partial charge in [-0.1, -0.05) is 31.5 Å². The first-order valence-electron chi connectivity index (χ1n) is 9.23. The molecule has 1 aromatic carbocycles. The molecule has 1 N–H and O–H groups in total. The maximum atomic E-state index is 11.6. The lowest BCUT2D eigenvalue weighted by Gasteiger charge is -2.11. The van der Waals surface area contributed by atoms with E-state index in [4.69, 9.17) is 5.10 Å². The van der Waals surface area contributed by atoms with Crippen LogP contribution in [0.5, 0.6) is 0 Å². The molecule has 0 atom stereocenters. The summed E-state index contributed by atoms with van der Waals surface area (Å²) in [5.41, 5.74) is 7.24. The summed E-state index contributed by atoms with van der Waals surface area (Å²) < 4.78 is 1.88. The largest absolute Gasteiger partial charge is 0.477 e. The van der Waals surface area contributed by atoms with E-state index in [1.54, 1.807) is 6.07 Å². The van der Waals surface area contributed by atoms with Gasteiger partial charge in [0.1, 0.15) is 0 Å². The van der Waals surface area contributed by atoms with Gasteiger partial charge in [0.2, 0.25) is 0 Å². The van der Waals surface area contributed by atoms with Gasteiger partial charge in [-0.05, 0) is 55.9 Å². The van der Waals surface area contributed by atoms with Gasteiger partial charge in [0.25, 0.3) is 0 Å². The number of fused-ring (bicyclic) bond motifs is 1. The zero-order chi connectivity index (χ0) is 18.4. The number of carboxylic acid groups (broad SMARTS) is 1. The Balaban J connectivity index is 2.10. The van der Waals surface area contributed by atoms with Crippen molar-refractivity contribution in [1.82, 2.24) is 14.6 Å². The minimum Gasteiger partial charge on any atom is -0.477 e.